The van der Waals surface area contributed by atoms with Crippen molar-refractivity contribution in [1.82, 2.24) is 0 Å². The zero-order chi connectivity index (χ0) is 23.7. The van der Waals surface area contributed by atoms with E-state index in [2.05, 4.69) is 68.4 Å². The van der Waals surface area contributed by atoms with Crippen molar-refractivity contribution < 1.29 is 9.47 Å². The Morgan fingerprint density at radius 1 is 0.879 bits per heavy atom. The first kappa shape index (κ1) is 24.4. The van der Waals surface area contributed by atoms with Crippen LogP contribution in [0, 0.1) is 23.7 Å². The molecule has 0 atom stereocenters. The molecule has 3 rings (SSSR count). The molecule has 3 aromatic rings. The van der Waals surface area contributed by atoms with Crippen LogP contribution in [0.4, 0.5) is 0 Å². The lowest BCUT2D eigenvalue weighted by Gasteiger charge is -2.18. The maximum Gasteiger partial charge on any atom is 0.131 e. The van der Waals surface area contributed by atoms with Crippen molar-refractivity contribution in [1.29, 1.82) is 5.26 Å². The van der Waals surface area contributed by atoms with Crippen molar-refractivity contribution in [3.63, 3.8) is 0 Å². The lowest BCUT2D eigenvalue weighted by molar-refractivity contribution is 0.283. The smallest absolute Gasteiger partial charge is 0.131 e. The largest absolute Gasteiger partial charge is 0.493 e. The monoisotopic (exact) mass is 441 g/mol. The number of rotatable bonds is 11. The van der Waals surface area contributed by atoms with Gasteiger partial charge in [-0.1, -0.05) is 67.1 Å². The van der Waals surface area contributed by atoms with E-state index >= 15 is 0 Å². The van der Waals surface area contributed by atoms with Crippen molar-refractivity contribution in [2.24, 2.45) is 5.41 Å². The van der Waals surface area contributed by atoms with Crippen LogP contribution >= 0.6 is 0 Å². The van der Waals surface area contributed by atoms with E-state index in [9.17, 15) is 5.26 Å². The molecule has 0 heterocycles. The number of benzene rings is 3. The second-order valence-corrected chi connectivity index (χ2v) is 9.25. The Hall–Kier alpha value is -3.25. The molecule has 3 nitrogen and oxygen atoms in total. The van der Waals surface area contributed by atoms with Gasteiger partial charge in [0.25, 0.3) is 0 Å². The van der Waals surface area contributed by atoms with E-state index in [1.165, 1.54) is 11.1 Å². The van der Waals surface area contributed by atoms with Crippen molar-refractivity contribution in [2.75, 3.05) is 6.61 Å². The second kappa shape index (κ2) is 11.6. The first-order chi connectivity index (χ1) is 15.9. The Morgan fingerprint density at radius 3 is 2.27 bits per heavy atom. The second-order valence-electron chi connectivity index (χ2n) is 9.25. The summed E-state index contributed by atoms with van der Waals surface area (Å²) in [6.45, 7) is 9.38. The van der Waals surface area contributed by atoms with Gasteiger partial charge in [-0.15, -0.1) is 0 Å². The van der Waals surface area contributed by atoms with Gasteiger partial charge in [-0.05, 0) is 69.2 Å². The number of unbranched alkanes of at least 4 members (excludes halogenated alkanes) is 1. The van der Waals surface area contributed by atoms with Crippen LogP contribution in [-0.4, -0.2) is 6.61 Å². The normalized spacial score (nSPS) is 11.1. The van der Waals surface area contributed by atoms with Gasteiger partial charge in [-0.2, -0.15) is 5.26 Å². The van der Waals surface area contributed by atoms with E-state index in [0.717, 1.165) is 53.9 Å². The van der Waals surface area contributed by atoms with Gasteiger partial charge in [0, 0.05) is 11.6 Å². The molecule has 0 saturated carbocycles. The van der Waals surface area contributed by atoms with E-state index in [-0.39, 0.29) is 5.41 Å². The SMILES string of the molecule is CCc1cc(-c2ccc(C)cc2)c(OCc2ccccc2)cc1OCCCCC(C)(C)C#N. The Morgan fingerprint density at radius 2 is 1.61 bits per heavy atom. The predicted octanol–water partition coefficient (Wildman–Crippen LogP) is 7.90. The molecule has 3 aromatic carbocycles. The minimum absolute atomic E-state index is 0.275. The van der Waals surface area contributed by atoms with Crippen molar-refractivity contribution >= 4 is 0 Å². The zero-order valence-electron chi connectivity index (χ0n) is 20.4. The highest BCUT2D eigenvalue weighted by Gasteiger charge is 2.16. The summed E-state index contributed by atoms with van der Waals surface area (Å²) in [6, 6.07) is 25.4. The lowest BCUT2D eigenvalue weighted by atomic mass is 9.89. The number of nitrogens with zero attached hydrogens (tertiary/aromatic N) is 1. The van der Waals surface area contributed by atoms with Gasteiger partial charge in [0.1, 0.15) is 18.1 Å². The summed E-state index contributed by atoms with van der Waals surface area (Å²) in [5.41, 5.74) is 5.50. The molecule has 0 amide bonds. The maximum absolute atomic E-state index is 9.20. The average molecular weight is 442 g/mol. The third-order valence-electron chi connectivity index (χ3n) is 5.90. The predicted molar refractivity (Wildman–Crippen MR) is 136 cm³/mol. The van der Waals surface area contributed by atoms with Crippen LogP contribution in [0.1, 0.15) is 56.7 Å². The summed E-state index contributed by atoms with van der Waals surface area (Å²) < 4.78 is 12.5. The molecule has 0 aromatic heterocycles. The Kier molecular flexibility index (Phi) is 8.55. The van der Waals surface area contributed by atoms with Crippen LogP contribution in [0.15, 0.2) is 66.7 Å². The molecule has 0 saturated heterocycles. The fourth-order valence-electron chi connectivity index (χ4n) is 3.74. The van der Waals surface area contributed by atoms with Crippen LogP contribution in [0.3, 0.4) is 0 Å². The third kappa shape index (κ3) is 7.12. The first-order valence-electron chi connectivity index (χ1n) is 11.9. The quantitative estimate of drug-likeness (QED) is 0.284. The van der Waals surface area contributed by atoms with Gasteiger partial charge in [0.2, 0.25) is 0 Å². The first-order valence-corrected chi connectivity index (χ1v) is 11.9. The Bertz CT molecular complexity index is 1060. The lowest BCUT2D eigenvalue weighted by Crippen LogP contribution is -2.08. The molecule has 0 aliphatic rings. The van der Waals surface area contributed by atoms with Crippen LogP contribution in [-0.2, 0) is 13.0 Å². The molecule has 3 heteroatoms. The molecule has 0 aliphatic carbocycles. The summed E-state index contributed by atoms with van der Waals surface area (Å²) in [5, 5.41) is 9.20. The standard InChI is InChI=1S/C30H35NO2/c1-5-25-19-27(26-15-13-23(2)14-16-26)29(33-21-24-11-7-6-8-12-24)20-28(25)32-18-10-9-17-30(3,4)22-31/h6-8,11-16,19-20H,5,9-10,17-18,21H2,1-4H3. The molecule has 0 bridgehead atoms. The van der Waals surface area contributed by atoms with E-state index in [1.54, 1.807) is 0 Å². The van der Waals surface area contributed by atoms with Crippen molar-refractivity contribution in [3.8, 4) is 28.7 Å². The topological polar surface area (TPSA) is 42.2 Å². The van der Waals surface area contributed by atoms with E-state index < -0.39 is 0 Å². The third-order valence-corrected chi connectivity index (χ3v) is 5.90. The molecule has 0 fully saturated rings. The van der Waals surface area contributed by atoms with Gasteiger partial charge in [0.05, 0.1) is 18.1 Å². The van der Waals surface area contributed by atoms with Crippen molar-refractivity contribution in [2.45, 2.75) is 60.0 Å². The summed E-state index contributed by atoms with van der Waals surface area (Å²) in [5.74, 6) is 1.72. The molecule has 0 N–H and O–H groups in total. The summed E-state index contributed by atoms with van der Waals surface area (Å²) in [7, 11) is 0. The van der Waals surface area contributed by atoms with Crippen LogP contribution in [0.25, 0.3) is 11.1 Å². The van der Waals surface area contributed by atoms with Gasteiger partial charge < -0.3 is 9.47 Å². The van der Waals surface area contributed by atoms with Gasteiger partial charge in [-0.3, -0.25) is 0 Å². The van der Waals surface area contributed by atoms with Gasteiger partial charge in [0.15, 0.2) is 0 Å². The molecule has 172 valence electrons. The molecule has 0 radical (unpaired) electrons. The van der Waals surface area contributed by atoms with Crippen molar-refractivity contribution in [3.05, 3.63) is 83.4 Å². The minimum atomic E-state index is -0.275. The number of nitriles is 1. The fraction of sp³-hybridized carbons (Fsp3) is 0.367. The number of aryl methyl sites for hydroxylation is 2. The number of ether oxygens (including phenoxy) is 2. The maximum atomic E-state index is 9.20. The molecular weight excluding hydrogens is 406 g/mol. The molecule has 0 aliphatic heterocycles. The molecule has 0 spiro atoms. The highest BCUT2D eigenvalue weighted by Crippen LogP contribution is 2.37. The molecule has 0 unspecified atom stereocenters. The van der Waals surface area contributed by atoms with E-state index in [0.29, 0.717) is 13.2 Å². The van der Waals surface area contributed by atoms with Crippen LogP contribution in [0.2, 0.25) is 0 Å². The summed E-state index contributed by atoms with van der Waals surface area (Å²) in [6.07, 6.45) is 3.66. The average Bonchev–Trinajstić information content (AvgIpc) is 2.83. The summed E-state index contributed by atoms with van der Waals surface area (Å²) >= 11 is 0. The van der Waals surface area contributed by atoms with Gasteiger partial charge in [-0.25, -0.2) is 0 Å². The summed E-state index contributed by atoms with van der Waals surface area (Å²) in [4.78, 5) is 0. The molecular formula is C30H35NO2. The number of hydrogen-bond acceptors (Lipinski definition) is 3. The minimum Gasteiger partial charge on any atom is -0.493 e. The van der Waals surface area contributed by atoms with E-state index in [4.69, 9.17) is 9.47 Å². The van der Waals surface area contributed by atoms with Crippen LogP contribution < -0.4 is 9.47 Å². The zero-order valence-corrected chi connectivity index (χ0v) is 20.4. The van der Waals surface area contributed by atoms with Crippen LogP contribution in [0.5, 0.6) is 11.5 Å². The Labute approximate surface area is 199 Å². The molecule has 33 heavy (non-hydrogen) atoms. The van der Waals surface area contributed by atoms with E-state index in [1.807, 2.05) is 32.0 Å². The number of hydrogen-bond donors (Lipinski definition) is 0. The van der Waals surface area contributed by atoms with Gasteiger partial charge >= 0.3 is 0 Å². The highest BCUT2D eigenvalue weighted by molar-refractivity contribution is 5.73. The fourth-order valence-corrected chi connectivity index (χ4v) is 3.74. The Balaban J connectivity index is 1.81. The highest BCUT2D eigenvalue weighted by atomic mass is 16.5.